The third-order valence-corrected chi connectivity index (χ3v) is 3.39. The second-order valence-corrected chi connectivity index (χ2v) is 4.58. The summed E-state index contributed by atoms with van der Waals surface area (Å²) in [4.78, 5) is 14.0. The number of carbonyl (C=O) groups is 1. The summed E-state index contributed by atoms with van der Waals surface area (Å²) in [7, 11) is 0. The molecule has 1 aliphatic rings. The molecule has 0 aromatic rings. The minimum Gasteiger partial charge on any atom is -0.465 e. The van der Waals surface area contributed by atoms with Gasteiger partial charge in [-0.1, -0.05) is 6.92 Å². The lowest BCUT2D eigenvalue weighted by Gasteiger charge is -2.25. The zero-order valence-electron chi connectivity index (χ0n) is 10.6. The van der Waals surface area contributed by atoms with E-state index in [2.05, 4.69) is 4.90 Å². The standard InChI is InChI=1S/C12H24N2O2/c1-4-11(12(15)16-5-2)14-7-6-10(8-14)9(3)13/h9-11H,4-8,13H2,1-3H3. The minimum atomic E-state index is -0.0877. The Morgan fingerprint density at radius 1 is 1.56 bits per heavy atom. The Bertz CT molecular complexity index is 231. The molecule has 1 heterocycles. The number of rotatable bonds is 5. The van der Waals surface area contributed by atoms with Crippen molar-refractivity contribution < 1.29 is 9.53 Å². The van der Waals surface area contributed by atoms with E-state index in [1.54, 1.807) is 0 Å². The molecule has 1 rings (SSSR count). The van der Waals surface area contributed by atoms with E-state index in [4.69, 9.17) is 10.5 Å². The van der Waals surface area contributed by atoms with Gasteiger partial charge in [0.25, 0.3) is 0 Å². The summed E-state index contributed by atoms with van der Waals surface area (Å²) < 4.78 is 5.09. The van der Waals surface area contributed by atoms with Gasteiger partial charge in [-0.05, 0) is 39.2 Å². The van der Waals surface area contributed by atoms with Crippen molar-refractivity contribution in [3.05, 3.63) is 0 Å². The molecule has 3 unspecified atom stereocenters. The Labute approximate surface area is 98.1 Å². The first-order valence-corrected chi connectivity index (χ1v) is 6.26. The van der Waals surface area contributed by atoms with Gasteiger partial charge < -0.3 is 10.5 Å². The van der Waals surface area contributed by atoms with Crippen molar-refractivity contribution in [2.24, 2.45) is 11.7 Å². The van der Waals surface area contributed by atoms with Gasteiger partial charge in [-0.25, -0.2) is 0 Å². The van der Waals surface area contributed by atoms with Gasteiger partial charge in [0, 0.05) is 12.6 Å². The topological polar surface area (TPSA) is 55.6 Å². The van der Waals surface area contributed by atoms with Gasteiger partial charge >= 0.3 is 5.97 Å². The summed E-state index contributed by atoms with van der Waals surface area (Å²) in [5.41, 5.74) is 5.89. The highest BCUT2D eigenvalue weighted by atomic mass is 16.5. The molecule has 0 saturated carbocycles. The van der Waals surface area contributed by atoms with E-state index in [1.807, 2.05) is 20.8 Å². The first-order chi connectivity index (χ1) is 7.60. The van der Waals surface area contributed by atoms with Gasteiger partial charge in [0.05, 0.1) is 6.61 Å². The van der Waals surface area contributed by atoms with Crippen LogP contribution < -0.4 is 5.73 Å². The zero-order chi connectivity index (χ0) is 12.1. The van der Waals surface area contributed by atoms with Crippen LogP contribution in [0.4, 0.5) is 0 Å². The van der Waals surface area contributed by atoms with E-state index >= 15 is 0 Å². The first kappa shape index (κ1) is 13.5. The molecule has 0 radical (unpaired) electrons. The molecule has 0 bridgehead atoms. The smallest absolute Gasteiger partial charge is 0.323 e. The first-order valence-electron chi connectivity index (χ1n) is 6.26. The van der Waals surface area contributed by atoms with E-state index in [-0.39, 0.29) is 18.1 Å². The van der Waals surface area contributed by atoms with Crippen LogP contribution in [0.2, 0.25) is 0 Å². The normalized spacial score (nSPS) is 25.4. The number of hydrogen-bond donors (Lipinski definition) is 1. The number of nitrogens with two attached hydrogens (primary N) is 1. The van der Waals surface area contributed by atoms with E-state index in [0.717, 1.165) is 25.9 Å². The Kier molecular flexibility index (Phi) is 5.22. The van der Waals surface area contributed by atoms with Crippen LogP contribution in [0.15, 0.2) is 0 Å². The number of likely N-dealkylation sites (tertiary alicyclic amines) is 1. The Morgan fingerprint density at radius 3 is 2.69 bits per heavy atom. The van der Waals surface area contributed by atoms with Crippen LogP contribution in [0.25, 0.3) is 0 Å². The highest BCUT2D eigenvalue weighted by Crippen LogP contribution is 2.22. The van der Waals surface area contributed by atoms with Gasteiger partial charge in [-0.15, -0.1) is 0 Å². The van der Waals surface area contributed by atoms with Crippen molar-refractivity contribution in [3.63, 3.8) is 0 Å². The predicted molar refractivity (Wildman–Crippen MR) is 64.0 cm³/mol. The minimum absolute atomic E-state index is 0.0799. The fraction of sp³-hybridized carbons (Fsp3) is 0.917. The zero-order valence-corrected chi connectivity index (χ0v) is 10.6. The van der Waals surface area contributed by atoms with E-state index < -0.39 is 0 Å². The maximum atomic E-state index is 11.7. The lowest BCUT2D eigenvalue weighted by atomic mass is 10.0. The number of nitrogens with zero attached hydrogens (tertiary/aromatic N) is 1. The van der Waals surface area contributed by atoms with Gasteiger partial charge in [-0.3, -0.25) is 9.69 Å². The van der Waals surface area contributed by atoms with Crippen LogP contribution in [0.3, 0.4) is 0 Å². The molecular formula is C12H24N2O2. The summed E-state index contributed by atoms with van der Waals surface area (Å²) in [6.45, 7) is 8.26. The highest BCUT2D eigenvalue weighted by Gasteiger charge is 2.33. The molecule has 4 heteroatoms. The van der Waals surface area contributed by atoms with Crippen molar-refractivity contribution in [1.29, 1.82) is 0 Å². The molecule has 16 heavy (non-hydrogen) atoms. The summed E-state index contributed by atoms with van der Waals surface area (Å²) in [5.74, 6) is 0.429. The number of ether oxygens (including phenoxy) is 1. The highest BCUT2D eigenvalue weighted by molar-refractivity contribution is 5.75. The van der Waals surface area contributed by atoms with Gasteiger partial charge in [-0.2, -0.15) is 0 Å². The summed E-state index contributed by atoms with van der Waals surface area (Å²) in [6, 6.07) is 0.133. The maximum Gasteiger partial charge on any atom is 0.323 e. The fourth-order valence-corrected chi connectivity index (χ4v) is 2.34. The predicted octanol–water partition coefficient (Wildman–Crippen LogP) is 0.997. The van der Waals surface area contributed by atoms with E-state index in [9.17, 15) is 4.79 Å². The van der Waals surface area contributed by atoms with Gasteiger partial charge in [0.15, 0.2) is 0 Å². The van der Waals surface area contributed by atoms with Crippen LogP contribution in [0.1, 0.15) is 33.6 Å². The van der Waals surface area contributed by atoms with Crippen LogP contribution >= 0.6 is 0 Å². The van der Waals surface area contributed by atoms with Crippen molar-refractivity contribution in [1.82, 2.24) is 4.90 Å². The molecule has 0 spiro atoms. The average molecular weight is 228 g/mol. The lowest BCUT2D eigenvalue weighted by Crippen LogP contribution is -2.41. The third-order valence-electron chi connectivity index (χ3n) is 3.39. The van der Waals surface area contributed by atoms with Crippen molar-refractivity contribution >= 4 is 5.97 Å². The van der Waals surface area contributed by atoms with Gasteiger partial charge in [0.2, 0.25) is 0 Å². The number of carbonyl (C=O) groups excluding carboxylic acids is 1. The monoisotopic (exact) mass is 228 g/mol. The van der Waals surface area contributed by atoms with Crippen molar-refractivity contribution in [3.8, 4) is 0 Å². The van der Waals surface area contributed by atoms with Crippen LogP contribution in [-0.2, 0) is 9.53 Å². The molecule has 2 N–H and O–H groups in total. The van der Waals surface area contributed by atoms with Crippen molar-refractivity contribution in [2.75, 3.05) is 19.7 Å². The van der Waals surface area contributed by atoms with E-state index in [0.29, 0.717) is 12.5 Å². The Balaban J connectivity index is 2.52. The molecular weight excluding hydrogens is 204 g/mol. The quantitative estimate of drug-likeness (QED) is 0.713. The van der Waals surface area contributed by atoms with Crippen LogP contribution in [0.5, 0.6) is 0 Å². The molecule has 4 nitrogen and oxygen atoms in total. The molecule has 0 aromatic heterocycles. The van der Waals surface area contributed by atoms with Crippen LogP contribution in [-0.4, -0.2) is 42.6 Å². The largest absolute Gasteiger partial charge is 0.465 e. The number of esters is 1. The summed E-state index contributed by atoms with van der Waals surface area (Å²) in [5, 5.41) is 0. The summed E-state index contributed by atoms with van der Waals surface area (Å²) in [6.07, 6.45) is 1.90. The van der Waals surface area contributed by atoms with Crippen LogP contribution in [0, 0.1) is 5.92 Å². The molecule has 1 saturated heterocycles. The Hall–Kier alpha value is -0.610. The fourth-order valence-electron chi connectivity index (χ4n) is 2.34. The second kappa shape index (κ2) is 6.21. The third kappa shape index (κ3) is 3.19. The lowest BCUT2D eigenvalue weighted by molar-refractivity contribution is -0.149. The average Bonchev–Trinajstić information content (AvgIpc) is 2.68. The molecule has 1 fully saturated rings. The van der Waals surface area contributed by atoms with Gasteiger partial charge in [0.1, 0.15) is 6.04 Å². The Morgan fingerprint density at radius 2 is 2.25 bits per heavy atom. The number of hydrogen-bond acceptors (Lipinski definition) is 4. The molecule has 1 aliphatic heterocycles. The summed E-state index contributed by atoms with van der Waals surface area (Å²) >= 11 is 0. The molecule has 0 aliphatic carbocycles. The van der Waals surface area contributed by atoms with Crippen molar-refractivity contribution in [2.45, 2.75) is 45.7 Å². The SMILES string of the molecule is CCOC(=O)C(CC)N1CCC(C(C)N)C1. The molecule has 0 aromatic carbocycles. The maximum absolute atomic E-state index is 11.7. The molecule has 3 atom stereocenters. The molecule has 0 amide bonds. The molecule has 94 valence electrons. The second-order valence-electron chi connectivity index (χ2n) is 4.58. The van der Waals surface area contributed by atoms with E-state index in [1.165, 1.54) is 0 Å².